The zero-order valence-corrected chi connectivity index (χ0v) is 8.73. The van der Waals surface area contributed by atoms with Gasteiger partial charge in [0.1, 0.15) is 0 Å². The SMILES string of the molecule is CCNc1nc(C=[N+]=[N-])nc(NCC)n1. The Morgan fingerprint density at radius 2 is 1.67 bits per heavy atom. The Balaban J connectivity index is 3.01. The zero-order valence-electron chi connectivity index (χ0n) is 8.73. The Morgan fingerprint density at radius 1 is 1.13 bits per heavy atom. The van der Waals surface area contributed by atoms with Crippen molar-refractivity contribution in [3.05, 3.63) is 11.4 Å². The lowest BCUT2D eigenvalue weighted by atomic mass is 10.6. The number of rotatable bonds is 5. The largest absolute Gasteiger partial charge is 0.361 e. The molecule has 1 rings (SSSR count). The lowest BCUT2D eigenvalue weighted by Gasteiger charge is -2.04. The van der Waals surface area contributed by atoms with Crippen LogP contribution in [0.4, 0.5) is 11.9 Å². The van der Waals surface area contributed by atoms with E-state index < -0.39 is 0 Å². The average molecular weight is 207 g/mol. The molecule has 2 N–H and O–H groups in total. The fraction of sp³-hybridized carbons (Fsp3) is 0.500. The third kappa shape index (κ3) is 3.32. The predicted octanol–water partition coefficient (Wildman–Crippen LogP) is 0.384. The molecule has 7 heteroatoms. The van der Waals surface area contributed by atoms with Gasteiger partial charge in [-0.05, 0) is 13.8 Å². The van der Waals surface area contributed by atoms with Gasteiger partial charge in [-0.3, -0.25) is 0 Å². The van der Waals surface area contributed by atoms with E-state index in [9.17, 15) is 0 Å². The molecule has 0 spiro atoms. The number of anilines is 2. The molecule has 1 heterocycles. The Bertz CT molecular complexity index is 345. The maximum atomic E-state index is 8.39. The summed E-state index contributed by atoms with van der Waals surface area (Å²) in [6.45, 7) is 5.31. The molecular formula is C8H13N7. The molecule has 0 fully saturated rings. The van der Waals surface area contributed by atoms with Crippen LogP contribution < -0.4 is 10.6 Å². The molecule has 0 aliphatic carbocycles. The van der Waals surface area contributed by atoms with Crippen LogP contribution in [0.15, 0.2) is 0 Å². The Hall–Kier alpha value is -2.01. The van der Waals surface area contributed by atoms with Gasteiger partial charge >= 0.3 is 6.21 Å². The van der Waals surface area contributed by atoms with E-state index in [-0.39, 0.29) is 0 Å². The second-order valence-corrected chi connectivity index (χ2v) is 2.65. The second-order valence-electron chi connectivity index (χ2n) is 2.65. The highest BCUT2D eigenvalue weighted by atomic mass is 15.2. The van der Waals surface area contributed by atoms with Crippen LogP contribution in [0.5, 0.6) is 0 Å². The fourth-order valence-electron chi connectivity index (χ4n) is 0.976. The number of hydrogen-bond donors (Lipinski definition) is 2. The average Bonchev–Trinajstić information content (AvgIpc) is 2.19. The van der Waals surface area contributed by atoms with E-state index in [1.807, 2.05) is 13.8 Å². The molecule has 0 aliphatic rings. The number of nitrogens with one attached hydrogen (secondary N) is 2. The van der Waals surface area contributed by atoms with Gasteiger partial charge in [-0.25, -0.2) is 0 Å². The van der Waals surface area contributed by atoms with Crippen LogP contribution >= 0.6 is 0 Å². The van der Waals surface area contributed by atoms with Crippen molar-refractivity contribution in [3.63, 3.8) is 0 Å². The molecule has 0 saturated carbocycles. The molecule has 1 aromatic rings. The first kappa shape index (κ1) is 11.1. The molecular weight excluding hydrogens is 194 g/mol. The Labute approximate surface area is 87.6 Å². The first-order valence-corrected chi connectivity index (χ1v) is 4.71. The van der Waals surface area contributed by atoms with Crippen molar-refractivity contribution in [1.82, 2.24) is 15.0 Å². The van der Waals surface area contributed by atoms with E-state index >= 15 is 0 Å². The monoisotopic (exact) mass is 207 g/mol. The summed E-state index contributed by atoms with van der Waals surface area (Å²) in [5.74, 6) is 1.22. The van der Waals surface area contributed by atoms with E-state index in [2.05, 4.69) is 30.4 Å². The molecule has 15 heavy (non-hydrogen) atoms. The predicted molar refractivity (Wildman–Crippen MR) is 56.9 cm³/mol. The highest BCUT2D eigenvalue weighted by Crippen LogP contribution is 2.03. The minimum absolute atomic E-state index is 0.305. The van der Waals surface area contributed by atoms with Crippen molar-refractivity contribution in [2.24, 2.45) is 0 Å². The molecule has 0 radical (unpaired) electrons. The molecule has 0 aromatic carbocycles. The summed E-state index contributed by atoms with van der Waals surface area (Å²) in [5.41, 5.74) is 8.39. The third-order valence-electron chi connectivity index (χ3n) is 1.50. The van der Waals surface area contributed by atoms with Crippen LogP contribution in [-0.2, 0) is 0 Å². The molecule has 0 aliphatic heterocycles. The van der Waals surface area contributed by atoms with Crippen LogP contribution in [0.1, 0.15) is 19.7 Å². The van der Waals surface area contributed by atoms with Crippen molar-refractivity contribution in [2.75, 3.05) is 23.7 Å². The minimum Gasteiger partial charge on any atom is -0.361 e. The maximum Gasteiger partial charge on any atom is 0.325 e. The molecule has 80 valence electrons. The van der Waals surface area contributed by atoms with Gasteiger partial charge in [-0.2, -0.15) is 19.7 Å². The topological polar surface area (TPSA) is 99.1 Å². The van der Waals surface area contributed by atoms with E-state index in [1.165, 1.54) is 0 Å². The first-order chi connectivity index (χ1) is 7.30. The standard InChI is InChI=1S/C8H13N7/c1-3-10-7-13-6(5-12-9)14-8(15-7)11-4-2/h5H,3-4H2,1-2H3,(H2,10,11,13,14,15). The van der Waals surface area contributed by atoms with Gasteiger partial charge in [0.2, 0.25) is 17.7 Å². The number of nitrogens with zero attached hydrogens (tertiary/aromatic N) is 5. The number of hydrogen-bond acceptors (Lipinski definition) is 5. The third-order valence-corrected chi connectivity index (χ3v) is 1.50. The highest BCUT2D eigenvalue weighted by Gasteiger charge is 2.05. The van der Waals surface area contributed by atoms with Gasteiger partial charge in [0.05, 0.1) is 0 Å². The van der Waals surface area contributed by atoms with Gasteiger partial charge in [-0.15, -0.1) is 0 Å². The van der Waals surface area contributed by atoms with Crippen LogP contribution in [0.25, 0.3) is 5.53 Å². The van der Waals surface area contributed by atoms with Gasteiger partial charge in [0.25, 0.3) is 0 Å². The molecule has 0 unspecified atom stereocenters. The molecule has 0 atom stereocenters. The quantitative estimate of drug-likeness (QED) is 0.413. The molecule has 0 amide bonds. The van der Waals surface area contributed by atoms with Crippen molar-refractivity contribution >= 4 is 18.1 Å². The number of aromatic nitrogens is 3. The lowest BCUT2D eigenvalue weighted by molar-refractivity contribution is 0.00394. The van der Waals surface area contributed by atoms with E-state index in [1.54, 1.807) is 0 Å². The summed E-state index contributed by atoms with van der Waals surface area (Å²) in [6, 6.07) is 0. The van der Waals surface area contributed by atoms with E-state index in [4.69, 9.17) is 5.53 Å². The minimum atomic E-state index is 0.305. The lowest BCUT2D eigenvalue weighted by Crippen LogP contribution is -2.10. The molecule has 1 aromatic heterocycles. The van der Waals surface area contributed by atoms with Gasteiger partial charge in [0.15, 0.2) is 0 Å². The van der Waals surface area contributed by atoms with Gasteiger partial charge < -0.3 is 16.2 Å². The zero-order chi connectivity index (χ0) is 11.1. The Morgan fingerprint density at radius 3 is 2.07 bits per heavy atom. The van der Waals surface area contributed by atoms with Gasteiger partial charge in [0, 0.05) is 13.1 Å². The van der Waals surface area contributed by atoms with Gasteiger partial charge in [-0.1, -0.05) is 0 Å². The van der Waals surface area contributed by atoms with Crippen molar-refractivity contribution in [3.8, 4) is 0 Å². The van der Waals surface area contributed by atoms with Crippen molar-refractivity contribution in [1.29, 1.82) is 0 Å². The highest BCUT2D eigenvalue weighted by molar-refractivity contribution is 5.70. The Kier molecular flexibility index (Phi) is 4.18. The van der Waals surface area contributed by atoms with E-state index in [0.29, 0.717) is 30.8 Å². The van der Waals surface area contributed by atoms with Crippen molar-refractivity contribution < 1.29 is 4.79 Å². The first-order valence-electron chi connectivity index (χ1n) is 4.71. The summed E-state index contributed by atoms with van der Waals surface area (Å²) in [6.07, 6.45) is 1.16. The van der Waals surface area contributed by atoms with E-state index in [0.717, 1.165) is 6.21 Å². The molecule has 7 nitrogen and oxygen atoms in total. The van der Waals surface area contributed by atoms with Crippen molar-refractivity contribution in [2.45, 2.75) is 13.8 Å². The fourth-order valence-corrected chi connectivity index (χ4v) is 0.976. The van der Waals surface area contributed by atoms with Crippen LogP contribution in [-0.4, -0.2) is 39.0 Å². The summed E-state index contributed by atoms with van der Waals surface area (Å²) < 4.78 is 0. The summed E-state index contributed by atoms with van der Waals surface area (Å²) in [4.78, 5) is 15.0. The smallest absolute Gasteiger partial charge is 0.325 e. The molecule has 0 saturated heterocycles. The van der Waals surface area contributed by atoms with Crippen LogP contribution in [0.2, 0.25) is 0 Å². The summed E-state index contributed by atoms with van der Waals surface area (Å²) in [7, 11) is 0. The normalized spacial score (nSPS) is 9.20. The van der Waals surface area contributed by atoms with Crippen LogP contribution in [0, 0.1) is 0 Å². The second kappa shape index (κ2) is 5.66. The molecule has 0 bridgehead atoms. The summed E-state index contributed by atoms with van der Waals surface area (Å²) >= 11 is 0. The van der Waals surface area contributed by atoms with Crippen LogP contribution in [0.3, 0.4) is 0 Å². The summed E-state index contributed by atoms with van der Waals surface area (Å²) in [5, 5.41) is 5.92. The maximum absolute atomic E-state index is 8.39.